The van der Waals surface area contributed by atoms with Crippen LogP contribution in [0.4, 0.5) is 5.82 Å². The summed E-state index contributed by atoms with van der Waals surface area (Å²) in [6.45, 7) is 1.50. The summed E-state index contributed by atoms with van der Waals surface area (Å²) in [6.07, 6.45) is 5.24. The molecule has 0 saturated carbocycles. The normalized spacial score (nSPS) is 17.0. The largest absolute Gasteiger partial charge is 0.376 e. The van der Waals surface area contributed by atoms with Gasteiger partial charge < -0.3 is 10.1 Å². The van der Waals surface area contributed by atoms with E-state index < -0.39 is 9.84 Å². The first-order valence-corrected chi connectivity index (χ1v) is 10.9. The Morgan fingerprint density at radius 2 is 2.07 bits per heavy atom. The van der Waals surface area contributed by atoms with Gasteiger partial charge in [-0.2, -0.15) is 5.10 Å². The number of pyridine rings is 1. The van der Waals surface area contributed by atoms with E-state index in [0.29, 0.717) is 24.0 Å². The molecule has 0 amide bonds. The molecule has 2 N–H and O–H groups in total. The predicted octanol–water partition coefficient (Wildman–Crippen LogP) is 2.53. The zero-order chi connectivity index (χ0) is 19.6. The van der Waals surface area contributed by atoms with E-state index in [4.69, 9.17) is 4.74 Å². The molecule has 1 fully saturated rings. The van der Waals surface area contributed by atoms with Crippen LogP contribution in [0.1, 0.15) is 12.8 Å². The quantitative estimate of drug-likeness (QED) is 0.655. The maximum absolute atomic E-state index is 11.6. The van der Waals surface area contributed by atoms with Gasteiger partial charge in [0.15, 0.2) is 21.5 Å². The summed E-state index contributed by atoms with van der Waals surface area (Å²) in [5.41, 5.74) is 1.54. The molecule has 3 heterocycles. The minimum absolute atomic E-state index is 0.202. The highest BCUT2D eigenvalue weighted by Crippen LogP contribution is 2.26. The summed E-state index contributed by atoms with van der Waals surface area (Å²) in [4.78, 5) is 9.23. The monoisotopic (exact) mass is 399 g/mol. The van der Waals surface area contributed by atoms with Gasteiger partial charge in [0.05, 0.1) is 16.6 Å². The Labute approximate surface area is 163 Å². The standard InChI is InChI=1S/C19H21N5O3S/c1-28(25,26)15-8-6-13(7-9-15)17-22-19(24-23-17)16-5-2-10-20-18(16)21-12-14-4-3-11-27-14/h2,5-10,14H,3-4,11-12H2,1H3,(H,20,21)(H,22,23,24). The van der Waals surface area contributed by atoms with Crippen LogP contribution >= 0.6 is 0 Å². The number of nitrogens with zero attached hydrogens (tertiary/aromatic N) is 3. The molecule has 9 heteroatoms. The van der Waals surface area contributed by atoms with Crippen molar-refractivity contribution in [2.45, 2.75) is 23.8 Å². The van der Waals surface area contributed by atoms with Gasteiger partial charge in [-0.1, -0.05) is 0 Å². The Balaban J connectivity index is 1.56. The second-order valence-electron chi connectivity index (χ2n) is 6.72. The topological polar surface area (TPSA) is 110 Å². The van der Waals surface area contributed by atoms with Crippen LogP contribution in [0.5, 0.6) is 0 Å². The summed E-state index contributed by atoms with van der Waals surface area (Å²) >= 11 is 0. The number of H-pyrrole nitrogens is 1. The molecule has 146 valence electrons. The molecule has 1 atom stereocenters. The molecule has 2 aromatic heterocycles. The number of rotatable bonds is 6. The van der Waals surface area contributed by atoms with Crippen LogP contribution in [-0.4, -0.2) is 54.1 Å². The van der Waals surface area contributed by atoms with Gasteiger partial charge >= 0.3 is 0 Å². The van der Waals surface area contributed by atoms with E-state index in [9.17, 15) is 8.42 Å². The number of sulfone groups is 1. The first-order chi connectivity index (χ1) is 13.5. The molecule has 0 bridgehead atoms. The zero-order valence-corrected chi connectivity index (χ0v) is 16.2. The van der Waals surface area contributed by atoms with Gasteiger partial charge in [0.2, 0.25) is 0 Å². The van der Waals surface area contributed by atoms with Gasteiger partial charge in [-0.3, -0.25) is 5.10 Å². The van der Waals surface area contributed by atoms with E-state index in [0.717, 1.165) is 30.6 Å². The average Bonchev–Trinajstić information content (AvgIpc) is 3.38. The lowest BCUT2D eigenvalue weighted by Crippen LogP contribution is -2.19. The van der Waals surface area contributed by atoms with Crippen molar-refractivity contribution in [3.63, 3.8) is 0 Å². The molecule has 8 nitrogen and oxygen atoms in total. The van der Waals surface area contributed by atoms with Crippen molar-refractivity contribution < 1.29 is 13.2 Å². The summed E-state index contributed by atoms with van der Waals surface area (Å²) in [7, 11) is -3.23. The van der Waals surface area contributed by atoms with Crippen molar-refractivity contribution in [1.82, 2.24) is 20.2 Å². The number of hydrogen-bond acceptors (Lipinski definition) is 7. The zero-order valence-electron chi connectivity index (χ0n) is 15.4. The van der Waals surface area contributed by atoms with E-state index in [1.54, 1.807) is 30.5 Å². The molecule has 0 spiro atoms. The summed E-state index contributed by atoms with van der Waals surface area (Å²) < 4.78 is 28.9. The van der Waals surface area contributed by atoms with Gasteiger partial charge in [-0.15, -0.1) is 0 Å². The van der Waals surface area contributed by atoms with E-state index in [2.05, 4.69) is 25.5 Å². The van der Waals surface area contributed by atoms with Gasteiger partial charge in [0.25, 0.3) is 0 Å². The lowest BCUT2D eigenvalue weighted by molar-refractivity contribution is 0.120. The van der Waals surface area contributed by atoms with Crippen molar-refractivity contribution in [2.24, 2.45) is 0 Å². The molecule has 1 aliphatic rings. The van der Waals surface area contributed by atoms with Gasteiger partial charge in [-0.25, -0.2) is 18.4 Å². The van der Waals surface area contributed by atoms with E-state index in [-0.39, 0.29) is 11.0 Å². The molecule has 1 unspecified atom stereocenters. The Hall–Kier alpha value is -2.78. The molecule has 1 aliphatic heterocycles. The number of hydrogen-bond donors (Lipinski definition) is 2. The fraction of sp³-hybridized carbons (Fsp3) is 0.316. The lowest BCUT2D eigenvalue weighted by Gasteiger charge is -2.13. The van der Waals surface area contributed by atoms with Crippen molar-refractivity contribution in [3.05, 3.63) is 42.6 Å². The lowest BCUT2D eigenvalue weighted by atomic mass is 10.2. The van der Waals surface area contributed by atoms with Crippen LogP contribution in [0.2, 0.25) is 0 Å². The number of ether oxygens (including phenoxy) is 1. The van der Waals surface area contributed by atoms with E-state index in [1.807, 2.05) is 12.1 Å². The highest BCUT2D eigenvalue weighted by Gasteiger charge is 2.17. The van der Waals surface area contributed by atoms with E-state index >= 15 is 0 Å². The third kappa shape index (κ3) is 4.05. The van der Waals surface area contributed by atoms with Crippen molar-refractivity contribution in [3.8, 4) is 22.8 Å². The first-order valence-electron chi connectivity index (χ1n) is 9.04. The number of aromatic nitrogens is 4. The fourth-order valence-electron chi connectivity index (χ4n) is 3.12. The Morgan fingerprint density at radius 3 is 2.79 bits per heavy atom. The Kier molecular flexibility index (Phi) is 5.10. The van der Waals surface area contributed by atoms with Gasteiger partial charge in [-0.05, 0) is 49.2 Å². The number of anilines is 1. The van der Waals surface area contributed by atoms with Crippen molar-refractivity contribution in [2.75, 3.05) is 24.7 Å². The highest BCUT2D eigenvalue weighted by molar-refractivity contribution is 7.90. The Bertz CT molecular complexity index is 1060. The summed E-state index contributed by atoms with van der Waals surface area (Å²) in [6, 6.07) is 10.3. The average molecular weight is 399 g/mol. The van der Waals surface area contributed by atoms with Crippen LogP contribution in [0.25, 0.3) is 22.8 Å². The Morgan fingerprint density at radius 1 is 1.25 bits per heavy atom. The predicted molar refractivity (Wildman–Crippen MR) is 106 cm³/mol. The third-order valence-corrected chi connectivity index (χ3v) is 5.74. The smallest absolute Gasteiger partial charge is 0.181 e. The molecule has 28 heavy (non-hydrogen) atoms. The first kappa shape index (κ1) is 18.6. The van der Waals surface area contributed by atoms with Crippen LogP contribution in [-0.2, 0) is 14.6 Å². The maximum Gasteiger partial charge on any atom is 0.181 e. The molecule has 1 aromatic carbocycles. The molecule has 0 radical (unpaired) electrons. The third-order valence-electron chi connectivity index (χ3n) is 4.61. The second-order valence-corrected chi connectivity index (χ2v) is 8.74. The summed E-state index contributed by atoms with van der Waals surface area (Å²) in [5.74, 6) is 1.79. The van der Waals surface area contributed by atoms with Crippen LogP contribution in [0, 0.1) is 0 Å². The molecular formula is C19H21N5O3S. The maximum atomic E-state index is 11.6. The molecule has 3 aromatic rings. The second kappa shape index (κ2) is 7.69. The molecule has 0 aliphatic carbocycles. The SMILES string of the molecule is CS(=O)(=O)c1ccc(-c2n[nH]c(-c3cccnc3NCC3CCCO3)n2)cc1. The number of nitrogens with one attached hydrogen (secondary N) is 2. The minimum atomic E-state index is -3.23. The minimum Gasteiger partial charge on any atom is -0.376 e. The van der Waals surface area contributed by atoms with Crippen molar-refractivity contribution in [1.29, 1.82) is 0 Å². The van der Waals surface area contributed by atoms with Gasteiger partial charge in [0, 0.05) is 31.2 Å². The highest BCUT2D eigenvalue weighted by atomic mass is 32.2. The molecule has 1 saturated heterocycles. The molecular weight excluding hydrogens is 378 g/mol. The van der Waals surface area contributed by atoms with Crippen LogP contribution in [0.15, 0.2) is 47.5 Å². The fourth-order valence-corrected chi connectivity index (χ4v) is 3.75. The van der Waals surface area contributed by atoms with Gasteiger partial charge in [0.1, 0.15) is 5.82 Å². The molecule has 4 rings (SSSR count). The van der Waals surface area contributed by atoms with Crippen molar-refractivity contribution >= 4 is 15.7 Å². The van der Waals surface area contributed by atoms with Crippen LogP contribution in [0.3, 0.4) is 0 Å². The number of benzene rings is 1. The van der Waals surface area contributed by atoms with Crippen LogP contribution < -0.4 is 5.32 Å². The number of aromatic amines is 1. The van der Waals surface area contributed by atoms with E-state index in [1.165, 1.54) is 6.26 Å². The summed E-state index contributed by atoms with van der Waals surface area (Å²) in [5, 5.41) is 10.5.